The van der Waals surface area contributed by atoms with Crippen molar-refractivity contribution in [3.63, 3.8) is 0 Å². The van der Waals surface area contributed by atoms with Crippen molar-refractivity contribution >= 4 is 23.4 Å². The number of carbonyl (C=O) groups is 1. The summed E-state index contributed by atoms with van der Waals surface area (Å²) in [6.45, 7) is 2.21. The maximum absolute atomic E-state index is 13.5. The lowest BCUT2D eigenvalue weighted by atomic mass is 10.0. The number of hydrogen-bond acceptors (Lipinski definition) is 7. The number of thioether (sulfide) groups is 1. The number of para-hydroxylation sites is 2. The second kappa shape index (κ2) is 10.1. The Bertz CT molecular complexity index is 1310. The van der Waals surface area contributed by atoms with Crippen LogP contribution in [0.15, 0.2) is 84.0 Å². The van der Waals surface area contributed by atoms with E-state index < -0.39 is 5.25 Å². The van der Waals surface area contributed by atoms with E-state index in [4.69, 9.17) is 9.47 Å². The number of anilines is 1. The Hall–Kier alpha value is -3.98. The highest BCUT2D eigenvalue weighted by Gasteiger charge is 2.38. The molecule has 0 saturated heterocycles. The van der Waals surface area contributed by atoms with Crippen molar-refractivity contribution < 1.29 is 14.3 Å². The Labute approximate surface area is 207 Å². The number of aryl methyl sites for hydroxylation is 1. The molecule has 178 valence electrons. The van der Waals surface area contributed by atoms with Gasteiger partial charge in [0.2, 0.25) is 11.1 Å². The molecule has 1 aromatic heterocycles. The van der Waals surface area contributed by atoms with Crippen LogP contribution in [0.1, 0.15) is 23.0 Å². The first-order valence-electron chi connectivity index (χ1n) is 11.2. The predicted molar refractivity (Wildman–Crippen MR) is 135 cm³/mol. The molecule has 0 spiro atoms. The molecular weight excluding hydrogens is 462 g/mol. The van der Waals surface area contributed by atoms with Gasteiger partial charge >= 0.3 is 0 Å². The lowest BCUT2D eigenvalue weighted by Crippen LogP contribution is -2.41. The van der Waals surface area contributed by atoms with Gasteiger partial charge in [-0.1, -0.05) is 60.3 Å². The smallest absolute Gasteiger partial charge is 0.240 e. The first kappa shape index (κ1) is 22.8. The number of amides is 1. The molecule has 0 radical (unpaired) electrons. The van der Waals surface area contributed by atoms with Crippen LogP contribution in [0.25, 0.3) is 0 Å². The molecule has 35 heavy (non-hydrogen) atoms. The van der Waals surface area contributed by atoms with Crippen LogP contribution >= 0.6 is 11.8 Å². The third-order valence-electron chi connectivity index (χ3n) is 5.75. The van der Waals surface area contributed by atoms with E-state index in [-0.39, 0.29) is 18.6 Å². The standard InChI is InChI=1S/C26H25N5O3S/c1-17-8-6-7-11-21(17)27-25(32)24-23(18-12-14-19(33-2)15-13-18)30-31-22(28-29-26(31)35-24)16-34-20-9-4-3-5-10-20/h3-15,23-24,30H,16H2,1-2H3,(H,27,32)/t23-,24+/m0/s1. The van der Waals surface area contributed by atoms with Gasteiger partial charge in [0, 0.05) is 5.69 Å². The van der Waals surface area contributed by atoms with Gasteiger partial charge in [0.25, 0.3) is 0 Å². The molecule has 1 aliphatic heterocycles. The number of ether oxygens (including phenoxy) is 2. The maximum Gasteiger partial charge on any atom is 0.240 e. The number of rotatable bonds is 7. The van der Waals surface area contributed by atoms with Gasteiger partial charge in [-0.25, -0.2) is 4.68 Å². The summed E-state index contributed by atoms with van der Waals surface area (Å²) in [5.41, 5.74) is 6.19. The molecule has 0 bridgehead atoms. The molecule has 3 aromatic carbocycles. The average molecular weight is 488 g/mol. The SMILES string of the molecule is COc1ccc([C@@H]2Nn3c(COc4ccccc4)nnc3S[C@H]2C(=O)Nc2ccccc2C)cc1. The monoisotopic (exact) mass is 487 g/mol. The number of nitrogens with zero attached hydrogens (tertiary/aromatic N) is 3. The second-order valence-electron chi connectivity index (χ2n) is 8.06. The van der Waals surface area contributed by atoms with Gasteiger partial charge in [-0.05, 0) is 48.4 Å². The maximum atomic E-state index is 13.5. The molecule has 0 aliphatic carbocycles. The van der Waals surface area contributed by atoms with E-state index in [1.165, 1.54) is 11.8 Å². The number of aromatic nitrogens is 3. The van der Waals surface area contributed by atoms with Gasteiger partial charge < -0.3 is 20.2 Å². The molecule has 0 saturated carbocycles. The van der Waals surface area contributed by atoms with Crippen LogP contribution in [0.5, 0.6) is 11.5 Å². The van der Waals surface area contributed by atoms with Crippen LogP contribution < -0.4 is 20.2 Å². The Morgan fingerprint density at radius 2 is 1.74 bits per heavy atom. The van der Waals surface area contributed by atoms with E-state index in [9.17, 15) is 4.79 Å². The minimum absolute atomic E-state index is 0.117. The van der Waals surface area contributed by atoms with E-state index in [1.54, 1.807) is 11.8 Å². The zero-order valence-electron chi connectivity index (χ0n) is 19.3. The minimum Gasteiger partial charge on any atom is -0.497 e. The summed E-state index contributed by atoms with van der Waals surface area (Å²) < 4.78 is 13.0. The van der Waals surface area contributed by atoms with Crippen LogP contribution in [0, 0.1) is 6.92 Å². The van der Waals surface area contributed by atoms with Crippen molar-refractivity contribution in [3.05, 3.63) is 95.8 Å². The van der Waals surface area contributed by atoms with E-state index in [1.807, 2.05) is 85.8 Å². The lowest BCUT2D eigenvalue weighted by molar-refractivity contribution is -0.116. The summed E-state index contributed by atoms with van der Waals surface area (Å²) in [4.78, 5) is 13.5. The summed E-state index contributed by atoms with van der Waals surface area (Å²) in [6, 6.07) is 24.6. The normalized spacial score (nSPS) is 16.6. The number of fused-ring (bicyclic) bond motifs is 1. The van der Waals surface area contributed by atoms with Crippen LogP contribution in [0.3, 0.4) is 0 Å². The number of benzene rings is 3. The fourth-order valence-corrected chi connectivity index (χ4v) is 4.93. The summed E-state index contributed by atoms with van der Waals surface area (Å²) in [5, 5.41) is 11.8. The van der Waals surface area contributed by atoms with Crippen LogP contribution in [0.2, 0.25) is 0 Å². The highest BCUT2D eigenvalue weighted by atomic mass is 32.2. The van der Waals surface area contributed by atoms with E-state index >= 15 is 0 Å². The Morgan fingerprint density at radius 3 is 2.49 bits per heavy atom. The molecular formula is C26H25N5O3S. The topological polar surface area (TPSA) is 90.3 Å². The van der Waals surface area contributed by atoms with Crippen molar-refractivity contribution in [1.29, 1.82) is 0 Å². The number of nitrogens with one attached hydrogen (secondary N) is 2. The molecule has 9 heteroatoms. The molecule has 2 heterocycles. The highest BCUT2D eigenvalue weighted by Crippen LogP contribution is 2.38. The van der Waals surface area contributed by atoms with Gasteiger partial charge in [0.05, 0.1) is 13.2 Å². The number of methoxy groups -OCH3 is 1. The third-order valence-corrected chi connectivity index (χ3v) is 6.97. The largest absolute Gasteiger partial charge is 0.497 e. The fourth-order valence-electron chi connectivity index (χ4n) is 3.84. The van der Waals surface area contributed by atoms with E-state index in [2.05, 4.69) is 20.9 Å². The first-order valence-corrected chi connectivity index (χ1v) is 12.1. The second-order valence-corrected chi connectivity index (χ2v) is 9.17. The van der Waals surface area contributed by atoms with Crippen molar-refractivity contribution in [1.82, 2.24) is 14.9 Å². The minimum atomic E-state index is -0.484. The number of hydrogen-bond donors (Lipinski definition) is 2. The molecule has 5 rings (SSSR count). The van der Waals surface area contributed by atoms with Crippen molar-refractivity contribution in [2.45, 2.75) is 30.0 Å². The Kier molecular flexibility index (Phi) is 6.58. The molecule has 2 N–H and O–H groups in total. The molecule has 8 nitrogen and oxygen atoms in total. The van der Waals surface area contributed by atoms with Gasteiger partial charge in [-0.15, -0.1) is 10.2 Å². The van der Waals surface area contributed by atoms with Crippen molar-refractivity contribution in [3.8, 4) is 11.5 Å². The van der Waals surface area contributed by atoms with Crippen molar-refractivity contribution in [2.24, 2.45) is 0 Å². The van der Waals surface area contributed by atoms with Crippen molar-refractivity contribution in [2.75, 3.05) is 17.9 Å². The summed E-state index contributed by atoms with van der Waals surface area (Å²) in [6.07, 6.45) is 0. The van der Waals surface area contributed by atoms with E-state index in [0.29, 0.717) is 11.0 Å². The summed E-state index contributed by atoms with van der Waals surface area (Å²) in [5.74, 6) is 2.00. The zero-order valence-corrected chi connectivity index (χ0v) is 20.2. The molecule has 4 aromatic rings. The Morgan fingerprint density at radius 1 is 1.00 bits per heavy atom. The first-order chi connectivity index (χ1) is 17.1. The zero-order chi connectivity index (χ0) is 24.2. The molecule has 2 atom stereocenters. The predicted octanol–water partition coefficient (Wildman–Crippen LogP) is 4.57. The fraction of sp³-hybridized carbons (Fsp3) is 0.192. The van der Waals surface area contributed by atoms with Crippen LogP contribution in [-0.2, 0) is 11.4 Å². The van der Waals surface area contributed by atoms with Gasteiger partial charge in [0.15, 0.2) is 5.82 Å². The van der Waals surface area contributed by atoms with Gasteiger partial charge in [0.1, 0.15) is 23.4 Å². The molecule has 1 aliphatic rings. The average Bonchev–Trinajstić information content (AvgIpc) is 3.30. The Balaban J connectivity index is 1.43. The highest BCUT2D eigenvalue weighted by molar-refractivity contribution is 8.00. The molecule has 1 amide bonds. The summed E-state index contributed by atoms with van der Waals surface area (Å²) >= 11 is 1.37. The van der Waals surface area contributed by atoms with Crippen LogP contribution in [0.4, 0.5) is 5.69 Å². The molecule has 0 fully saturated rings. The number of carbonyl (C=O) groups excluding carboxylic acids is 1. The third kappa shape index (κ3) is 4.95. The van der Waals surface area contributed by atoms with Crippen LogP contribution in [-0.4, -0.2) is 33.1 Å². The van der Waals surface area contributed by atoms with E-state index in [0.717, 1.165) is 28.3 Å². The summed E-state index contributed by atoms with van der Waals surface area (Å²) in [7, 11) is 1.63. The lowest BCUT2D eigenvalue weighted by Gasteiger charge is -2.33. The van der Waals surface area contributed by atoms with Gasteiger partial charge in [-0.3, -0.25) is 4.79 Å². The van der Waals surface area contributed by atoms with Gasteiger partial charge in [-0.2, -0.15) is 0 Å². The quantitative estimate of drug-likeness (QED) is 0.395. The molecule has 0 unspecified atom stereocenters.